The predicted octanol–water partition coefficient (Wildman–Crippen LogP) is 3.77. The Balaban J connectivity index is 1.83. The van der Waals surface area contributed by atoms with Gasteiger partial charge in [-0.05, 0) is 23.8 Å². The lowest BCUT2D eigenvalue weighted by atomic mass is 10.2. The maximum absolute atomic E-state index is 12.9. The largest absolute Gasteiger partial charge is 0.318 e. The Kier molecular flexibility index (Phi) is 5.76. The summed E-state index contributed by atoms with van der Waals surface area (Å²) in [6, 6.07) is 23.6. The highest BCUT2D eigenvalue weighted by Gasteiger charge is 2.24. The molecule has 0 heterocycles. The molecule has 0 aliphatic carbocycles. The third kappa shape index (κ3) is 4.59. The van der Waals surface area contributed by atoms with Crippen molar-refractivity contribution in [3.05, 3.63) is 101 Å². The van der Waals surface area contributed by atoms with Crippen LogP contribution in [0.2, 0.25) is 0 Å². The molecule has 3 rings (SSSR count). The van der Waals surface area contributed by atoms with Crippen molar-refractivity contribution in [2.75, 3.05) is 10.2 Å². The minimum Gasteiger partial charge on any atom is -0.318 e. The van der Waals surface area contributed by atoms with Crippen LogP contribution in [0.5, 0.6) is 0 Å². The van der Waals surface area contributed by atoms with Crippen molar-refractivity contribution in [2.24, 2.45) is 0 Å². The zero-order valence-corrected chi connectivity index (χ0v) is 14.8. The number of non-ortho nitro benzene ring substituents is 1. The fourth-order valence-corrected chi connectivity index (χ4v) is 2.66. The summed E-state index contributed by atoms with van der Waals surface area (Å²) in [6.07, 6.45) is 0. The van der Waals surface area contributed by atoms with Gasteiger partial charge in [0.05, 0.1) is 11.5 Å². The van der Waals surface area contributed by atoms with Gasteiger partial charge in [0, 0.05) is 23.5 Å². The van der Waals surface area contributed by atoms with Crippen molar-refractivity contribution < 1.29 is 14.5 Å². The van der Waals surface area contributed by atoms with E-state index in [4.69, 9.17) is 0 Å². The van der Waals surface area contributed by atoms with Crippen molar-refractivity contribution in [3.8, 4) is 0 Å². The number of nitro groups is 1. The molecule has 0 spiro atoms. The monoisotopic (exact) mass is 375 g/mol. The molecule has 7 nitrogen and oxygen atoms in total. The molecule has 3 aromatic carbocycles. The van der Waals surface area contributed by atoms with E-state index in [1.165, 1.54) is 29.2 Å². The molecule has 0 saturated carbocycles. The summed E-state index contributed by atoms with van der Waals surface area (Å²) in [7, 11) is 0. The van der Waals surface area contributed by atoms with Gasteiger partial charge in [0.15, 0.2) is 0 Å². The van der Waals surface area contributed by atoms with Crippen molar-refractivity contribution in [1.29, 1.82) is 0 Å². The number of carbonyl (C=O) groups excluding carboxylic acids is 2. The average Bonchev–Trinajstić information content (AvgIpc) is 2.73. The number of hydrogen-bond donors (Lipinski definition) is 1. The highest BCUT2D eigenvalue weighted by Crippen LogP contribution is 2.20. The Hall–Kier alpha value is -4.00. The second-order valence-electron chi connectivity index (χ2n) is 5.97. The predicted molar refractivity (Wildman–Crippen MR) is 106 cm³/mol. The summed E-state index contributed by atoms with van der Waals surface area (Å²) >= 11 is 0. The first-order valence-electron chi connectivity index (χ1n) is 8.51. The van der Waals surface area contributed by atoms with Gasteiger partial charge in [-0.15, -0.1) is 0 Å². The number of benzene rings is 3. The number of anilines is 2. The van der Waals surface area contributed by atoms with E-state index in [9.17, 15) is 19.7 Å². The van der Waals surface area contributed by atoms with Crippen LogP contribution in [-0.2, 0) is 16.1 Å². The first-order valence-corrected chi connectivity index (χ1v) is 8.51. The Bertz CT molecular complexity index is 991. The van der Waals surface area contributed by atoms with Gasteiger partial charge < -0.3 is 5.32 Å². The molecular formula is C21H17N3O4. The molecule has 0 aliphatic heterocycles. The van der Waals surface area contributed by atoms with E-state index in [2.05, 4.69) is 5.32 Å². The van der Waals surface area contributed by atoms with Gasteiger partial charge in [0.25, 0.3) is 5.69 Å². The lowest BCUT2D eigenvalue weighted by molar-refractivity contribution is -0.384. The Morgan fingerprint density at radius 1 is 0.893 bits per heavy atom. The SMILES string of the molecule is O=C(Nc1cccc([N+](=O)[O-])c1)C(=O)N(Cc1ccccc1)c1ccccc1. The van der Waals surface area contributed by atoms with Gasteiger partial charge >= 0.3 is 11.8 Å². The molecule has 28 heavy (non-hydrogen) atoms. The fraction of sp³-hybridized carbons (Fsp3) is 0.0476. The van der Waals surface area contributed by atoms with Gasteiger partial charge in [-0.25, -0.2) is 0 Å². The minimum atomic E-state index is -0.875. The van der Waals surface area contributed by atoms with Crippen LogP contribution in [0.4, 0.5) is 17.1 Å². The summed E-state index contributed by atoms with van der Waals surface area (Å²) in [4.78, 5) is 37.1. The molecular weight excluding hydrogens is 358 g/mol. The lowest BCUT2D eigenvalue weighted by Crippen LogP contribution is -2.39. The van der Waals surface area contributed by atoms with Crippen LogP contribution in [-0.4, -0.2) is 16.7 Å². The first-order chi connectivity index (χ1) is 13.5. The number of hydrogen-bond acceptors (Lipinski definition) is 4. The Morgan fingerprint density at radius 2 is 1.54 bits per heavy atom. The van der Waals surface area contributed by atoms with E-state index in [0.29, 0.717) is 5.69 Å². The fourth-order valence-electron chi connectivity index (χ4n) is 2.66. The normalized spacial score (nSPS) is 10.1. The highest BCUT2D eigenvalue weighted by atomic mass is 16.6. The summed E-state index contributed by atoms with van der Waals surface area (Å²) in [5, 5.41) is 13.3. The van der Waals surface area contributed by atoms with Crippen LogP contribution in [0.15, 0.2) is 84.9 Å². The van der Waals surface area contributed by atoms with Crippen LogP contribution in [0.1, 0.15) is 5.56 Å². The smallest absolute Gasteiger partial charge is 0.316 e. The highest BCUT2D eigenvalue weighted by molar-refractivity contribution is 6.44. The summed E-state index contributed by atoms with van der Waals surface area (Å²) < 4.78 is 0. The number of nitrogens with zero attached hydrogens (tertiary/aromatic N) is 2. The second kappa shape index (κ2) is 8.59. The van der Waals surface area contributed by atoms with Crippen molar-refractivity contribution >= 4 is 28.9 Å². The molecule has 0 bridgehead atoms. The molecule has 2 amide bonds. The van der Waals surface area contributed by atoms with Crippen LogP contribution >= 0.6 is 0 Å². The van der Waals surface area contributed by atoms with Gasteiger partial charge in [-0.3, -0.25) is 24.6 Å². The zero-order chi connectivity index (χ0) is 19.9. The number of amides is 2. The van der Waals surface area contributed by atoms with E-state index < -0.39 is 16.7 Å². The third-order valence-corrected chi connectivity index (χ3v) is 4.01. The number of nitro benzene ring substituents is 1. The zero-order valence-electron chi connectivity index (χ0n) is 14.8. The van der Waals surface area contributed by atoms with E-state index >= 15 is 0 Å². The van der Waals surface area contributed by atoms with Crippen LogP contribution in [0.3, 0.4) is 0 Å². The molecule has 0 radical (unpaired) electrons. The summed E-state index contributed by atoms with van der Waals surface area (Å²) in [5.74, 6) is -1.64. The molecule has 0 fully saturated rings. The van der Waals surface area contributed by atoms with Gasteiger partial charge in [0.1, 0.15) is 0 Å². The number of para-hydroxylation sites is 1. The molecule has 0 aliphatic rings. The molecule has 3 aromatic rings. The van der Waals surface area contributed by atoms with Crippen LogP contribution in [0.25, 0.3) is 0 Å². The van der Waals surface area contributed by atoms with E-state index in [1.807, 2.05) is 36.4 Å². The number of rotatable bonds is 5. The van der Waals surface area contributed by atoms with Crippen LogP contribution < -0.4 is 10.2 Å². The lowest BCUT2D eigenvalue weighted by Gasteiger charge is -2.22. The molecule has 140 valence electrons. The van der Waals surface area contributed by atoms with E-state index in [1.54, 1.807) is 24.3 Å². The molecule has 0 unspecified atom stereocenters. The van der Waals surface area contributed by atoms with Crippen molar-refractivity contribution in [3.63, 3.8) is 0 Å². The minimum absolute atomic E-state index is 0.172. The Morgan fingerprint density at radius 3 is 2.18 bits per heavy atom. The van der Waals surface area contributed by atoms with Crippen LogP contribution in [0, 0.1) is 10.1 Å². The Labute approximate surface area is 161 Å². The van der Waals surface area contributed by atoms with E-state index in [-0.39, 0.29) is 17.9 Å². The molecule has 0 aromatic heterocycles. The van der Waals surface area contributed by atoms with Gasteiger partial charge in [0.2, 0.25) is 0 Å². The van der Waals surface area contributed by atoms with Crippen molar-refractivity contribution in [1.82, 2.24) is 0 Å². The standard InChI is InChI=1S/C21H17N3O4/c25-20(22-17-10-7-13-19(14-17)24(27)28)21(26)23(18-11-5-2-6-12-18)15-16-8-3-1-4-9-16/h1-14H,15H2,(H,22,25). The van der Waals surface area contributed by atoms with Crippen molar-refractivity contribution in [2.45, 2.75) is 6.54 Å². The summed E-state index contributed by atoms with van der Waals surface area (Å²) in [6.45, 7) is 0.214. The maximum atomic E-state index is 12.9. The quantitative estimate of drug-likeness (QED) is 0.417. The first kappa shape index (κ1) is 18.8. The number of carbonyl (C=O) groups is 2. The average molecular weight is 375 g/mol. The third-order valence-electron chi connectivity index (χ3n) is 4.01. The molecule has 0 atom stereocenters. The summed E-state index contributed by atoms with van der Waals surface area (Å²) in [5.41, 5.74) is 1.45. The topological polar surface area (TPSA) is 92.5 Å². The molecule has 1 N–H and O–H groups in total. The van der Waals surface area contributed by atoms with E-state index in [0.717, 1.165) is 5.56 Å². The second-order valence-corrected chi connectivity index (χ2v) is 5.97. The maximum Gasteiger partial charge on any atom is 0.316 e. The van der Waals surface area contributed by atoms with Gasteiger partial charge in [-0.2, -0.15) is 0 Å². The molecule has 7 heteroatoms. The number of nitrogens with one attached hydrogen (secondary N) is 1. The van der Waals surface area contributed by atoms with Gasteiger partial charge in [-0.1, -0.05) is 54.6 Å². The molecule has 0 saturated heterocycles.